The Morgan fingerprint density at radius 3 is 1.95 bits per heavy atom. The lowest BCUT2D eigenvalue weighted by Crippen LogP contribution is -2.61. The number of hydrogen-bond acceptors (Lipinski definition) is 12. The largest absolute Gasteiger partial charge is 0.463 e. The highest BCUT2D eigenvalue weighted by atomic mass is 32.2. The monoisotopic (exact) mass is 610 g/mol. The molecular weight excluding hydrogens is 580 g/mol. The van der Waals surface area contributed by atoms with Crippen LogP contribution in [0.1, 0.15) is 33.3 Å². The second-order valence-electron chi connectivity index (χ2n) is 9.50. The molecule has 1 saturated heterocycles. The molecule has 1 amide bonds. The molecule has 2 aromatic carbocycles. The van der Waals surface area contributed by atoms with Gasteiger partial charge in [0.25, 0.3) is 5.91 Å². The van der Waals surface area contributed by atoms with E-state index in [1.54, 1.807) is 36.4 Å². The second-order valence-corrected chi connectivity index (χ2v) is 10.6. The molecule has 43 heavy (non-hydrogen) atoms. The third kappa shape index (κ3) is 8.08. The van der Waals surface area contributed by atoms with Gasteiger partial charge in [0, 0.05) is 27.7 Å². The van der Waals surface area contributed by atoms with Crippen molar-refractivity contribution >= 4 is 58.5 Å². The molecule has 0 N–H and O–H groups in total. The highest BCUT2D eigenvalue weighted by Crippen LogP contribution is 2.38. The zero-order valence-corrected chi connectivity index (χ0v) is 24.6. The maximum Gasteiger partial charge on any atom is 0.303 e. The van der Waals surface area contributed by atoms with Gasteiger partial charge in [0.1, 0.15) is 18.4 Å². The summed E-state index contributed by atoms with van der Waals surface area (Å²) in [6.07, 6.45) is -3.46. The number of aliphatic imine (C=N–C) groups is 1. The minimum atomic E-state index is -1.35. The van der Waals surface area contributed by atoms with E-state index in [1.807, 2.05) is 30.3 Å². The van der Waals surface area contributed by atoms with E-state index in [0.717, 1.165) is 38.1 Å². The predicted octanol–water partition coefficient (Wildman–Crippen LogP) is 3.25. The molecule has 2 aliphatic heterocycles. The van der Waals surface area contributed by atoms with Crippen molar-refractivity contribution < 1.29 is 47.7 Å². The summed E-state index contributed by atoms with van der Waals surface area (Å²) in [5.74, 6) is -3.25. The van der Waals surface area contributed by atoms with Crippen molar-refractivity contribution in [3.05, 3.63) is 71.9 Å². The molecule has 0 aromatic heterocycles. The standard InChI is InChI=1S/C30H30N2O10S/c1-17(33)38-16-24-25(39-18(2)34)26(40-19(3)35)27(41-20(4)36)29(42-24)43-30-31-23(15-21-11-7-5-8-12-21)28(37)32(30)22-13-9-6-10-14-22/h5-15,24-27,29H,16H2,1-4H3/t24?,25?,26?,27?,29-/m0/s1. The minimum Gasteiger partial charge on any atom is -0.463 e. The first-order valence-corrected chi connectivity index (χ1v) is 14.1. The van der Waals surface area contributed by atoms with Gasteiger partial charge in [0.2, 0.25) is 0 Å². The van der Waals surface area contributed by atoms with Crippen LogP contribution >= 0.6 is 11.8 Å². The number of anilines is 1. The van der Waals surface area contributed by atoms with Gasteiger partial charge in [0.15, 0.2) is 28.9 Å². The van der Waals surface area contributed by atoms with E-state index in [2.05, 4.69) is 4.99 Å². The van der Waals surface area contributed by atoms with Crippen LogP contribution in [0.4, 0.5) is 5.69 Å². The first-order valence-electron chi connectivity index (χ1n) is 13.3. The van der Waals surface area contributed by atoms with Gasteiger partial charge in [-0.05, 0) is 23.8 Å². The normalized spacial score (nSPS) is 24.2. The molecule has 0 aliphatic carbocycles. The Hall–Kier alpha value is -4.49. The number of thioether (sulfide) groups is 1. The van der Waals surface area contributed by atoms with E-state index in [9.17, 15) is 24.0 Å². The van der Waals surface area contributed by atoms with Crippen molar-refractivity contribution in [3.63, 3.8) is 0 Å². The topological polar surface area (TPSA) is 147 Å². The summed E-state index contributed by atoms with van der Waals surface area (Å²) in [5.41, 5.74) is 0.250. The molecule has 0 saturated carbocycles. The summed E-state index contributed by atoms with van der Waals surface area (Å²) >= 11 is 0.932. The van der Waals surface area contributed by atoms with Crippen molar-refractivity contribution in [2.75, 3.05) is 11.5 Å². The number of carbonyl (C=O) groups is 5. The molecule has 5 atom stereocenters. The van der Waals surface area contributed by atoms with Crippen molar-refractivity contribution in [3.8, 4) is 0 Å². The predicted molar refractivity (Wildman–Crippen MR) is 155 cm³/mol. The smallest absolute Gasteiger partial charge is 0.303 e. The van der Waals surface area contributed by atoms with Crippen LogP contribution in [0.3, 0.4) is 0 Å². The van der Waals surface area contributed by atoms with E-state index in [1.165, 1.54) is 11.8 Å². The third-order valence-electron chi connectivity index (χ3n) is 6.12. The molecule has 1 fully saturated rings. The molecule has 2 aliphatic rings. The molecule has 0 spiro atoms. The molecule has 226 valence electrons. The summed E-state index contributed by atoms with van der Waals surface area (Å²) in [6, 6.07) is 17.9. The maximum atomic E-state index is 13.7. The van der Waals surface area contributed by atoms with Gasteiger partial charge in [-0.3, -0.25) is 28.9 Å². The fourth-order valence-electron chi connectivity index (χ4n) is 4.47. The van der Waals surface area contributed by atoms with Gasteiger partial charge in [-0.1, -0.05) is 60.3 Å². The number of rotatable bonds is 8. The summed E-state index contributed by atoms with van der Waals surface area (Å²) in [4.78, 5) is 67.7. The summed E-state index contributed by atoms with van der Waals surface area (Å²) in [7, 11) is 0. The van der Waals surface area contributed by atoms with Crippen molar-refractivity contribution in [2.45, 2.75) is 57.5 Å². The van der Waals surface area contributed by atoms with Gasteiger partial charge < -0.3 is 23.7 Å². The molecule has 4 unspecified atom stereocenters. The van der Waals surface area contributed by atoms with Crippen molar-refractivity contribution in [2.24, 2.45) is 4.99 Å². The Balaban J connectivity index is 1.78. The van der Waals surface area contributed by atoms with Gasteiger partial charge in [-0.15, -0.1) is 0 Å². The Morgan fingerprint density at radius 1 is 0.814 bits per heavy atom. The zero-order valence-electron chi connectivity index (χ0n) is 23.8. The number of ether oxygens (including phenoxy) is 5. The van der Waals surface area contributed by atoms with Crippen LogP contribution < -0.4 is 4.90 Å². The van der Waals surface area contributed by atoms with E-state index in [4.69, 9.17) is 23.7 Å². The van der Waals surface area contributed by atoms with Crippen LogP contribution in [-0.4, -0.2) is 71.4 Å². The molecule has 2 aromatic rings. The molecule has 4 rings (SSSR count). The van der Waals surface area contributed by atoms with Gasteiger partial charge in [-0.2, -0.15) is 0 Å². The number of nitrogens with zero attached hydrogens (tertiary/aromatic N) is 2. The molecule has 12 nitrogen and oxygen atoms in total. The third-order valence-corrected chi connectivity index (χ3v) is 7.21. The second kappa shape index (κ2) is 14.1. The molecule has 0 bridgehead atoms. The summed E-state index contributed by atoms with van der Waals surface area (Å²) in [5, 5.41) is 0.180. The number of benzene rings is 2. The van der Waals surface area contributed by atoms with E-state index < -0.39 is 59.6 Å². The van der Waals surface area contributed by atoms with E-state index >= 15 is 0 Å². The van der Waals surface area contributed by atoms with Crippen LogP contribution in [0, 0.1) is 0 Å². The average Bonchev–Trinajstić information content (AvgIpc) is 3.25. The summed E-state index contributed by atoms with van der Waals surface area (Å²) in [6.45, 7) is 4.27. The minimum absolute atomic E-state index is 0.142. The highest BCUT2D eigenvalue weighted by Gasteiger charge is 2.53. The average molecular weight is 611 g/mol. The SMILES string of the molecule is CC(=O)OCC1O[C@@H](SC2=NC(=Cc3ccccc3)C(=O)N2c2ccccc2)C(OC(C)=O)C(OC(C)=O)C1OC(C)=O. The van der Waals surface area contributed by atoms with Crippen LogP contribution in [0.25, 0.3) is 6.08 Å². The fourth-order valence-corrected chi connectivity index (χ4v) is 5.67. The first-order chi connectivity index (χ1) is 20.5. The van der Waals surface area contributed by atoms with Gasteiger partial charge >= 0.3 is 23.9 Å². The number of esters is 4. The number of amides is 1. The lowest BCUT2D eigenvalue weighted by molar-refractivity contribution is -0.237. The first kappa shape index (κ1) is 31.4. The number of amidine groups is 1. The summed E-state index contributed by atoms with van der Waals surface area (Å²) < 4.78 is 27.9. The lowest BCUT2D eigenvalue weighted by atomic mass is 9.99. The zero-order chi connectivity index (χ0) is 31.1. The van der Waals surface area contributed by atoms with Crippen molar-refractivity contribution in [1.82, 2.24) is 0 Å². The molecule has 2 heterocycles. The van der Waals surface area contributed by atoms with Crippen molar-refractivity contribution in [1.29, 1.82) is 0 Å². The van der Waals surface area contributed by atoms with E-state index in [-0.39, 0.29) is 17.5 Å². The number of hydrogen-bond donors (Lipinski definition) is 0. The number of para-hydroxylation sites is 1. The van der Waals surface area contributed by atoms with Crippen LogP contribution in [0.15, 0.2) is 71.4 Å². The lowest BCUT2D eigenvalue weighted by Gasteiger charge is -2.44. The van der Waals surface area contributed by atoms with Gasteiger partial charge in [-0.25, -0.2) is 4.99 Å². The van der Waals surface area contributed by atoms with Gasteiger partial charge in [0.05, 0.1) is 5.69 Å². The Morgan fingerprint density at radius 2 is 1.37 bits per heavy atom. The van der Waals surface area contributed by atoms with Crippen LogP contribution in [-0.2, 0) is 47.7 Å². The fraction of sp³-hybridized carbons (Fsp3) is 0.333. The van der Waals surface area contributed by atoms with E-state index in [0.29, 0.717) is 5.69 Å². The van der Waals surface area contributed by atoms with Crippen LogP contribution in [0.2, 0.25) is 0 Å². The number of carbonyl (C=O) groups excluding carboxylic acids is 5. The molecule has 13 heteroatoms. The Kier molecular flexibility index (Phi) is 10.3. The highest BCUT2D eigenvalue weighted by molar-refractivity contribution is 8.14. The quantitative estimate of drug-likeness (QED) is 0.246. The molecular formula is C30H30N2O10S. The Bertz CT molecular complexity index is 1430. The molecule has 0 radical (unpaired) electrons. The maximum absolute atomic E-state index is 13.7. The Labute approximate surface area is 252 Å². The van der Waals surface area contributed by atoms with Crippen LogP contribution in [0.5, 0.6) is 0 Å².